The number of hydrogen-bond donors (Lipinski definition) is 1. The van der Waals surface area contributed by atoms with E-state index in [2.05, 4.69) is 4.98 Å². The number of nitrogens with two attached hydrogens (primary N) is 1. The molecule has 1 aliphatic heterocycles. The minimum absolute atomic E-state index is 0.116. The quantitative estimate of drug-likeness (QED) is 0.749. The van der Waals surface area contributed by atoms with Gasteiger partial charge in [-0.2, -0.15) is 0 Å². The second kappa shape index (κ2) is 4.34. The zero-order chi connectivity index (χ0) is 15.4. The summed E-state index contributed by atoms with van der Waals surface area (Å²) in [6.07, 6.45) is 2.41. The molecule has 22 heavy (non-hydrogen) atoms. The Morgan fingerprint density at radius 2 is 2.05 bits per heavy atom. The fourth-order valence-electron chi connectivity index (χ4n) is 3.00. The Labute approximate surface area is 128 Å². The van der Waals surface area contributed by atoms with E-state index in [0.29, 0.717) is 12.2 Å². The van der Waals surface area contributed by atoms with Crippen LogP contribution in [0, 0.1) is 6.92 Å². The van der Waals surface area contributed by atoms with Crippen molar-refractivity contribution in [2.24, 2.45) is 0 Å². The van der Waals surface area contributed by atoms with Crippen LogP contribution in [0.3, 0.4) is 0 Å². The minimum atomic E-state index is 0.116. The number of benzene rings is 1. The number of carbonyl (C=O) groups is 1. The van der Waals surface area contributed by atoms with E-state index in [1.807, 2.05) is 47.9 Å². The lowest BCUT2D eigenvalue weighted by atomic mass is 10.1. The molecule has 4 rings (SSSR count). The van der Waals surface area contributed by atoms with E-state index in [-0.39, 0.29) is 5.91 Å². The van der Waals surface area contributed by atoms with Crippen LogP contribution >= 0.6 is 0 Å². The van der Waals surface area contributed by atoms with Crippen LogP contribution in [0.5, 0.6) is 0 Å². The minimum Gasteiger partial charge on any atom is -0.383 e. The van der Waals surface area contributed by atoms with E-state index in [9.17, 15) is 4.79 Å². The first-order chi connectivity index (χ1) is 10.5. The smallest absolute Gasteiger partial charge is 0.231 e. The van der Waals surface area contributed by atoms with Gasteiger partial charge < -0.3 is 10.6 Å². The van der Waals surface area contributed by atoms with Gasteiger partial charge in [0.25, 0.3) is 0 Å². The van der Waals surface area contributed by atoms with E-state index in [4.69, 9.17) is 5.73 Å². The molecule has 0 saturated heterocycles. The number of anilines is 2. The molecule has 0 bridgehead atoms. The zero-order valence-corrected chi connectivity index (χ0v) is 12.5. The molecular weight excluding hydrogens is 276 g/mol. The number of amides is 1. The summed E-state index contributed by atoms with van der Waals surface area (Å²) >= 11 is 0. The van der Waals surface area contributed by atoms with Gasteiger partial charge in [0.15, 0.2) is 0 Å². The van der Waals surface area contributed by atoms with Crippen LogP contribution in [-0.2, 0) is 11.2 Å². The van der Waals surface area contributed by atoms with E-state index in [0.717, 1.165) is 33.7 Å². The number of nitrogen functional groups attached to an aromatic ring is 1. The monoisotopic (exact) mass is 292 g/mol. The molecule has 0 fully saturated rings. The second-order valence-corrected chi connectivity index (χ2v) is 5.75. The van der Waals surface area contributed by atoms with Crippen molar-refractivity contribution in [3.05, 3.63) is 47.7 Å². The topological polar surface area (TPSA) is 63.6 Å². The Balaban J connectivity index is 1.88. The third-order valence-corrected chi connectivity index (χ3v) is 4.23. The zero-order valence-electron chi connectivity index (χ0n) is 12.5. The number of aryl methyl sites for hydroxylation is 1. The summed E-state index contributed by atoms with van der Waals surface area (Å²) in [6.45, 7) is 2.02. The van der Waals surface area contributed by atoms with Gasteiger partial charge in [0.2, 0.25) is 5.91 Å². The molecule has 3 aromatic rings. The maximum atomic E-state index is 11.8. The second-order valence-electron chi connectivity index (χ2n) is 5.75. The molecule has 0 spiro atoms. The fourth-order valence-corrected chi connectivity index (χ4v) is 3.00. The third-order valence-electron chi connectivity index (χ3n) is 4.23. The van der Waals surface area contributed by atoms with Gasteiger partial charge in [-0.15, -0.1) is 0 Å². The van der Waals surface area contributed by atoms with Gasteiger partial charge in [0.05, 0.1) is 6.42 Å². The molecular formula is C17H16N4O. The first kappa shape index (κ1) is 12.9. The van der Waals surface area contributed by atoms with Crippen molar-refractivity contribution in [3.63, 3.8) is 0 Å². The molecule has 110 valence electrons. The van der Waals surface area contributed by atoms with Crippen molar-refractivity contribution in [1.82, 2.24) is 9.38 Å². The van der Waals surface area contributed by atoms with Gasteiger partial charge in [-0.25, -0.2) is 4.98 Å². The lowest BCUT2D eigenvalue weighted by molar-refractivity contribution is -0.117. The summed E-state index contributed by atoms with van der Waals surface area (Å²) in [5.74, 6) is 0.738. The summed E-state index contributed by atoms with van der Waals surface area (Å²) in [7, 11) is 1.80. The number of carbonyl (C=O) groups excluding carboxylic acids is 1. The standard InChI is InChI=1S/C17H16N4O/c1-10-3-6-14-19-16(17(18)21(14)9-10)11-4-5-13-12(7-11)8-15(22)20(13)2/h3-7,9H,8,18H2,1-2H3. The van der Waals surface area contributed by atoms with E-state index in [1.54, 1.807) is 11.9 Å². The van der Waals surface area contributed by atoms with Crippen LogP contribution < -0.4 is 10.6 Å². The maximum Gasteiger partial charge on any atom is 0.231 e. The molecule has 1 aromatic carbocycles. The molecule has 2 N–H and O–H groups in total. The van der Waals surface area contributed by atoms with Crippen LogP contribution in [0.15, 0.2) is 36.5 Å². The number of imidazole rings is 1. The summed E-state index contributed by atoms with van der Waals surface area (Å²) in [4.78, 5) is 18.1. The largest absolute Gasteiger partial charge is 0.383 e. The predicted octanol–water partition coefficient (Wildman–Crippen LogP) is 2.41. The summed E-state index contributed by atoms with van der Waals surface area (Å²) < 4.78 is 1.90. The van der Waals surface area contributed by atoms with Crippen LogP contribution in [-0.4, -0.2) is 22.3 Å². The highest BCUT2D eigenvalue weighted by Gasteiger charge is 2.24. The van der Waals surface area contributed by atoms with Crippen molar-refractivity contribution in [1.29, 1.82) is 0 Å². The SMILES string of the molecule is Cc1ccc2nc(-c3ccc4c(c3)CC(=O)N4C)c(N)n2c1. The summed E-state index contributed by atoms with van der Waals surface area (Å²) in [5, 5.41) is 0. The van der Waals surface area contributed by atoms with Crippen molar-refractivity contribution < 1.29 is 4.79 Å². The lowest BCUT2D eigenvalue weighted by Crippen LogP contribution is -2.20. The summed E-state index contributed by atoms with van der Waals surface area (Å²) in [5.41, 5.74) is 11.9. The average Bonchev–Trinajstić information content (AvgIpc) is 2.97. The lowest BCUT2D eigenvalue weighted by Gasteiger charge is -2.10. The highest BCUT2D eigenvalue weighted by atomic mass is 16.2. The van der Waals surface area contributed by atoms with Gasteiger partial charge in [-0.1, -0.05) is 12.1 Å². The molecule has 0 atom stereocenters. The first-order valence-corrected chi connectivity index (χ1v) is 7.18. The van der Waals surface area contributed by atoms with E-state index >= 15 is 0 Å². The molecule has 5 heteroatoms. The molecule has 1 amide bonds. The molecule has 0 unspecified atom stereocenters. The number of fused-ring (bicyclic) bond motifs is 2. The van der Waals surface area contributed by atoms with Gasteiger partial charge >= 0.3 is 0 Å². The number of pyridine rings is 1. The van der Waals surface area contributed by atoms with Crippen molar-refractivity contribution in [2.75, 3.05) is 17.7 Å². The number of hydrogen-bond acceptors (Lipinski definition) is 3. The normalized spacial score (nSPS) is 13.9. The van der Waals surface area contributed by atoms with Gasteiger partial charge in [-0.3, -0.25) is 9.20 Å². The number of aromatic nitrogens is 2. The molecule has 5 nitrogen and oxygen atoms in total. The Kier molecular flexibility index (Phi) is 2.54. The van der Waals surface area contributed by atoms with Crippen molar-refractivity contribution in [3.8, 4) is 11.3 Å². The average molecular weight is 292 g/mol. The maximum absolute atomic E-state index is 11.8. The van der Waals surface area contributed by atoms with Gasteiger partial charge in [0.1, 0.15) is 17.2 Å². The van der Waals surface area contributed by atoms with Crippen molar-refractivity contribution in [2.45, 2.75) is 13.3 Å². The molecule has 0 radical (unpaired) electrons. The number of nitrogens with zero attached hydrogens (tertiary/aromatic N) is 3. The number of likely N-dealkylation sites (N-methyl/N-ethyl adjacent to an activating group) is 1. The molecule has 3 heterocycles. The van der Waals surface area contributed by atoms with Gasteiger partial charge in [0, 0.05) is 24.5 Å². The van der Waals surface area contributed by atoms with Gasteiger partial charge in [-0.05, 0) is 36.2 Å². The fraction of sp³-hybridized carbons (Fsp3) is 0.176. The third kappa shape index (κ3) is 1.72. The molecule has 0 aliphatic carbocycles. The molecule has 2 aromatic heterocycles. The summed E-state index contributed by atoms with van der Waals surface area (Å²) in [6, 6.07) is 9.92. The Morgan fingerprint density at radius 1 is 1.23 bits per heavy atom. The van der Waals surface area contributed by atoms with Crippen LogP contribution in [0.25, 0.3) is 16.9 Å². The Morgan fingerprint density at radius 3 is 2.86 bits per heavy atom. The van der Waals surface area contributed by atoms with Crippen molar-refractivity contribution >= 4 is 23.1 Å². The highest BCUT2D eigenvalue weighted by molar-refractivity contribution is 6.01. The molecule has 1 aliphatic rings. The van der Waals surface area contributed by atoms with E-state index in [1.165, 1.54) is 0 Å². The number of rotatable bonds is 1. The Hall–Kier alpha value is -2.82. The Bertz CT molecular complexity index is 926. The molecule has 0 saturated carbocycles. The van der Waals surface area contributed by atoms with E-state index < -0.39 is 0 Å². The highest BCUT2D eigenvalue weighted by Crippen LogP contribution is 2.34. The van der Waals surface area contributed by atoms with Crippen LogP contribution in [0.4, 0.5) is 11.5 Å². The van der Waals surface area contributed by atoms with Crippen LogP contribution in [0.2, 0.25) is 0 Å². The predicted molar refractivity (Wildman–Crippen MR) is 86.9 cm³/mol. The first-order valence-electron chi connectivity index (χ1n) is 7.18. The van der Waals surface area contributed by atoms with Crippen LogP contribution in [0.1, 0.15) is 11.1 Å².